The summed E-state index contributed by atoms with van der Waals surface area (Å²) in [4.78, 5) is 2.25. The molecule has 1 atom stereocenters. The van der Waals surface area contributed by atoms with Crippen LogP contribution < -0.4 is 5.73 Å². The molecular formula is C12H27N3O2. The molecule has 0 heterocycles. The van der Waals surface area contributed by atoms with Crippen molar-refractivity contribution in [2.75, 3.05) is 46.6 Å². The molecule has 0 aromatic heterocycles. The number of likely N-dealkylation sites (N-methyl/N-ethyl adjacent to an activating group) is 1. The smallest absolute Gasteiger partial charge is 0.0947 e. The summed E-state index contributed by atoms with van der Waals surface area (Å²) < 4.78 is 10.4. The van der Waals surface area contributed by atoms with Gasteiger partial charge in [0.1, 0.15) is 0 Å². The lowest BCUT2D eigenvalue weighted by Crippen LogP contribution is -2.36. The second kappa shape index (κ2) is 10.5. The molecular weight excluding hydrogens is 218 g/mol. The highest BCUT2D eigenvalue weighted by Gasteiger charge is 2.10. The first kappa shape index (κ1) is 16.4. The molecule has 0 bridgehead atoms. The van der Waals surface area contributed by atoms with E-state index in [4.69, 9.17) is 20.6 Å². The van der Waals surface area contributed by atoms with Crippen LogP contribution >= 0.6 is 0 Å². The van der Waals surface area contributed by atoms with Crippen molar-refractivity contribution in [2.45, 2.75) is 20.3 Å². The van der Waals surface area contributed by atoms with Crippen LogP contribution in [-0.4, -0.2) is 57.3 Å². The van der Waals surface area contributed by atoms with Crippen molar-refractivity contribution < 1.29 is 9.47 Å². The lowest BCUT2D eigenvalue weighted by molar-refractivity contribution is 0.0834. The van der Waals surface area contributed by atoms with E-state index in [2.05, 4.69) is 11.8 Å². The van der Waals surface area contributed by atoms with E-state index < -0.39 is 0 Å². The summed E-state index contributed by atoms with van der Waals surface area (Å²) in [5, 5.41) is 7.36. The Morgan fingerprint density at radius 3 is 2.59 bits per heavy atom. The van der Waals surface area contributed by atoms with Gasteiger partial charge in [0.05, 0.1) is 12.4 Å². The van der Waals surface area contributed by atoms with Gasteiger partial charge in [-0.25, -0.2) is 0 Å². The topological polar surface area (TPSA) is 71.6 Å². The van der Waals surface area contributed by atoms with Gasteiger partial charge in [0.25, 0.3) is 0 Å². The van der Waals surface area contributed by atoms with Gasteiger partial charge < -0.3 is 20.1 Å². The molecule has 0 aliphatic carbocycles. The van der Waals surface area contributed by atoms with Crippen LogP contribution in [-0.2, 0) is 9.47 Å². The maximum atomic E-state index is 7.36. The van der Waals surface area contributed by atoms with Gasteiger partial charge in [-0.15, -0.1) is 0 Å². The molecule has 0 amide bonds. The first-order chi connectivity index (χ1) is 8.11. The van der Waals surface area contributed by atoms with E-state index in [0.717, 1.165) is 45.9 Å². The molecule has 0 radical (unpaired) electrons. The first-order valence-electron chi connectivity index (χ1n) is 6.24. The summed E-state index contributed by atoms with van der Waals surface area (Å²) in [5.74, 6) is 0.368. The number of hydrogen-bond donors (Lipinski definition) is 2. The molecule has 0 spiro atoms. The van der Waals surface area contributed by atoms with Crippen LogP contribution in [0.5, 0.6) is 0 Å². The Hall–Kier alpha value is -0.650. The zero-order chi connectivity index (χ0) is 13.1. The van der Waals surface area contributed by atoms with Crippen molar-refractivity contribution in [1.82, 2.24) is 4.90 Å². The largest absolute Gasteiger partial charge is 0.387 e. The van der Waals surface area contributed by atoms with Crippen LogP contribution in [0, 0.1) is 11.3 Å². The number of nitrogens with zero attached hydrogens (tertiary/aromatic N) is 1. The van der Waals surface area contributed by atoms with Crippen LogP contribution in [0.4, 0.5) is 0 Å². The quantitative estimate of drug-likeness (QED) is 0.323. The highest BCUT2D eigenvalue weighted by Crippen LogP contribution is 1.99. The molecule has 1 unspecified atom stereocenters. The van der Waals surface area contributed by atoms with Crippen molar-refractivity contribution in [3.63, 3.8) is 0 Å². The number of nitrogens with one attached hydrogen (secondary N) is 1. The summed E-state index contributed by atoms with van der Waals surface area (Å²) >= 11 is 0. The van der Waals surface area contributed by atoms with Crippen molar-refractivity contribution >= 4 is 5.84 Å². The van der Waals surface area contributed by atoms with Gasteiger partial charge in [-0.05, 0) is 13.0 Å². The van der Waals surface area contributed by atoms with Gasteiger partial charge >= 0.3 is 0 Å². The molecule has 0 aromatic rings. The third-order valence-corrected chi connectivity index (χ3v) is 2.70. The van der Waals surface area contributed by atoms with Crippen LogP contribution in [0.1, 0.15) is 20.3 Å². The summed E-state index contributed by atoms with van der Waals surface area (Å²) in [6.45, 7) is 8.98. The minimum absolute atomic E-state index is 0.114. The van der Waals surface area contributed by atoms with E-state index in [0.29, 0.717) is 0 Å². The van der Waals surface area contributed by atoms with Crippen LogP contribution in [0.15, 0.2) is 0 Å². The maximum absolute atomic E-state index is 7.36. The van der Waals surface area contributed by atoms with Crippen molar-refractivity contribution in [1.29, 1.82) is 5.41 Å². The van der Waals surface area contributed by atoms with E-state index in [1.54, 1.807) is 7.11 Å². The molecule has 5 nitrogen and oxygen atoms in total. The van der Waals surface area contributed by atoms with Gasteiger partial charge in [-0.3, -0.25) is 5.41 Å². The molecule has 0 saturated carbocycles. The van der Waals surface area contributed by atoms with Gasteiger partial charge in [0.15, 0.2) is 0 Å². The molecule has 0 aliphatic rings. The maximum Gasteiger partial charge on any atom is 0.0947 e. The Labute approximate surface area is 105 Å². The van der Waals surface area contributed by atoms with E-state index in [9.17, 15) is 0 Å². The van der Waals surface area contributed by atoms with E-state index in [-0.39, 0.29) is 11.8 Å². The molecule has 0 fully saturated rings. The zero-order valence-corrected chi connectivity index (χ0v) is 11.4. The Morgan fingerprint density at radius 2 is 2.06 bits per heavy atom. The summed E-state index contributed by atoms with van der Waals surface area (Å²) in [6.07, 6.45) is 0.937. The third kappa shape index (κ3) is 9.09. The minimum Gasteiger partial charge on any atom is -0.387 e. The van der Waals surface area contributed by atoms with Crippen molar-refractivity contribution in [3.05, 3.63) is 0 Å². The monoisotopic (exact) mass is 245 g/mol. The number of hydrogen-bond acceptors (Lipinski definition) is 4. The van der Waals surface area contributed by atoms with Crippen molar-refractivity contribution in [3.8, 4) is 0 Å². The second-order valence-electron chi connectivity index (χ2n) is 4.21. The molecule has 102 valence electrons. The molecule has 17 heavy (non-hydrogen) atoms. The number of rotatable bonds is 11. The van der Waals surface area contributed by atoms with Crippen LogP contribution in [0.2, 0.25) is 0 Å². The Bertz CT molecular complexity index is 200. The van der Waals surface area contributed by atoms with Gasteiger partial charge in [0, 0.05) is 39.3 Å². The molecule has 3 N–H and O–H groups in total. The number of nitrogens with two attached hydrogens (primary N) is 1. The molecule has 0 aromatic carbocycles. The molecule has 0 aliphatic heterocycles. The normalized spacial score (nSPS) is 12.9. The third-order valence-electron chi connectivity index (χ3n) is 2.70. The van der Waals surface area contributed by atoms with Crippen molar-refractivity contribution in [2.24, 2.45) is 11.7 Å². The second-order valence-corrected chi connectivity index (χ2v) is 4.21. The predicted molar refractivity (Wildman–Crippen MR) is 70.5 cm³/mol. The Balaban J connectivity index is 3.57. The van der Waals surface area contributed by atoms with Crippen LogP contribution in [0.25, 0.3) is 0 Å². The number of amidine groups is 1. The number of methoxy groups -OCH3 is 1. The Kier molecular flexibility index (Phi) is 10.1. The van der Waals surface area contributed by atoms with E-state index >= 15 is 0 Å². The number of ether oxygens (including phenoxy) is 2. The lowest BCUT2D eigenvalue weighted by Gasteiger charge is -2.23. The fraction of sp³-hybridized carbons (Fsp3) is 0.917. The molecule has 0 saturated heterocycles. The fourth-order valence-electron chi connectivity index (χ4n) is 1.47. The average molecular weight is 245 g/mol. The summed E-state index contributed by atoms with van der Waals surface area (Å²) in [7, 11) is 1.70. The average Bonchev–Trinajstić information content (AvgIpc) is 2.31. The van der Waals surface area contributed by atoms with E-state index in [1.165, 1.54) is 0 Å². The van der Waals surface area contributed by atoms with Gasteiger partial charge in [-0.2, -0.15) is 0 Å². The van der Waals surface area contributed by atoms with E-state index in [1.807, 2.05) is 6.92 Å². The SMILES string of the molecule is CCN(CCOCCCOC)CC(C)C(=N)N. The summed E-state index contributed by atoms with van der Waals surface area (Å²) in [6, 6.07) is 0. The first-order valence-corrected chi connectivity index (χ1v) is 6.24. The zero-order valence-electron chi connectivity index (χ0n) is 11.4. The highest BCUT2D eigenvalue weighted by molar-refractivity contribution is 5.79. The summed E-state index contributed by atoms with van der Waals surface area (Å²) in [5.41, 5.74) is 5.46. The highest BCUT2D eigenvalue weighted by atomic mass is 16.5. The lowest BCUT2D eigenvalue weighted by atomic mass is 10.1. The minimum atomic E-state index is 0.114. The van der Waals surface area contributed by atoms with Gasteiger partial charge in [0.2, 0.25) is 0 Å². The van der Waals surface area contributed by atoms with Gasteiger partial charge in [-0.1, -0.05) is 13.8 Å². The Morgan fingerprint density at radius 1 is 1.35 bits per heavy atom. The predicted octanol–water partition coefficient (Wildman–Crippen LogP) is 0.933. The standard InChI is InChI=1S/C12H27N3O2/c1-4-15(10-11(2)12(13)14)6-9-17-8-5-7-16-3/h11H,4-10H2,1-3H3,(H3,13,14). The molecule has 5 heteroatoms. The van der Waals surface area contributed by atoms with Crippen LogP contribution in [0.3, 0.4) is 0 Å². The molecule has 0 rings (SSSR count). The fourth-order valence-corrected chi connectivity index (χ4v) is 1.47.